The van der Waals surface area contributed by atoms with Crippen LogP contribution < -0.4 is 10.6 Å². The molecule has 0 saturated carbocycles. The molecule has 0 bridgehead atoms. The van der Waals surface area contributed by atoms with Crippen molar-refractivity contribution in [1.29, 1.82) is 0 Å². The van der Waals surface area contributed by atoms with Crippen LogP contribution in [-0.4, -0.2) is 49.1 Å². The van der Waals surface area contributed by atoms with E-state index < -0.39 is 0 Å². The lowest BCUT2D eigenvalue weighted by Gasteiger charge is -2.24. The van der Waals surface area contributed by atoms with E-state index in [0.29, 0.717) is 18.6 Å². The molecule has 98 valence electrons. The molecule has 2 aliphatic rings. The molecule has 0 radical (unpaired) electrons. The second-order valence-corrected chi connectivity index (χ2v) is 5.53. The largest absolute Gasteiger partial charge is 0.353 e. The third kappa shape index (κ3) is 3.42. The van der Waals surface area contributed by atoms with Crippen molar-refractivity contribution in [2.75, 3.05) is 26.2 Å². The fraction of sp³-hybridized carbons (Fsp3) is 0.923. The van der Waals surface area contributed by atoms with Crippen molar-refractivity contribution in [1.82, 2.24) is 15.5 Å². The van der Waals surface area contributed by atoms with Gasteiger partial charge in [0.15, 0.2) is 0 Å². The smallest absolute Gasteiger partial charge is 0.234 e. The highest BCUT2D eigenvalue weighted by Gasteiger charge is 2.34. The molecule has 4 nitrogen and oxygen atoms in total. The minimum Gasteiger partial charge on any atom is -0.353 e. The molecule has 0 aromatic carbocycles. The van der Waals surface area contributed by atoms with Gasteiger partial charge in [0.1, 0.15) is 0 Å². The highest BCUT2D eigenvalue weighted by atomic mass is 16.2. The first-order valence-electron chi connectivity index (χ1n) is 6.94. The van der Waals surface area contributed by atoms with Crippen LogP contribution in [0.3, 0.4) is 0 Å². The van der Waals surface area contributed by atoms with Crippen molar-refractivity contribution in [3.63, 3.8) is 0 Å². The number of carbonyl (C=O) groups excluding carboxylic acids is 1. The van der Waals surface area contributed by atoms with E-state index in [2.05, 4.69) is 29.4 Å². The first-order valence-corrected chi connectivity index (χ1v) is 6.94. The molecular weight excluding hydrogens is 214 g/mol. The Morgan fingerprint density at radius 1 is 1.53 bits per heavy atom. The molecule has 4 heteroatoms. The Morgan fingerprint density at radius 2 is 2.35 bits per heavy atom. The highest BCUT2D eigenvalue weighted by molar-refractivity contribution is 5.78. The van der Waals surface area contributed by atoms with E-state index in [1.165, 1.54) is 12.8 Å². The lowest BCUT2D eigenvalue weighted by Crippen LogP contribution is -2.42. The maximum Gasteiger partial charge on any atom is 0.234 e. The van der Waals surface area contributed by atoms with Crippen molar-refractivity contribution >= 4 is 5.91 Å². The average Bonchev–Trinajstić information content (AvgIpc) is 2.70. The summed E-state index contributed by atoms with van der Waals surface area (Å²) < 4.78 is 0. The highest BCUT2D eigenvalue weighted by Crippen LogP contribution is 2.24. The van der Waals surface area contributed by atoms with Gasteiger partial charge in [-0.15, -0.1) is 0 Å². The van der Waals surface area contributed by atoms with Gasteiger partial charge in [0.25, 0.3) is 0 Å². The van der Waals surface area contributed by atoms with Crippen LogP contribution >= 0.6 is 0 Å². The van der Waals surface area contributed by atoms with E-state index in [0.717, 1.165) is 32.0 Å². The molecule has 17 heavy (non-hydrogen) atoms. The maximum absolute atomic E-state index is 11.8. The summed E-state index contributed by atoms with van der Waals surface area (Å²) in [6.45, 7) is 8.00. The summed E-state index contributed by atoms with van der Waals surface area (Å²) in [4.78, 5) is 14.1. The molecule has 2 aliphatic heterocycles. The van der Waals surface area contributed by atoms with Crippen LogP contribution in [-0.2, 0) is 4.79 Å². The van der Waals surface area contributed by atoms with E-state index in [1.54, 1.807) is 0 Å². The molecule has 0 aromatic heterocycles. The zero-order chi connectivity index (χ0) is 12.3. The lowest BCUT2D eigenvalue weighted by atomic mass is 9.94. The molecule has 3 unspecified atom stereocenters. The van der Waals surface area contributed by atoms with Crippen molar-refractivity contribution in [2.45, 2.75) is 45.2 Å². The standard InChI is InChI=1S/C13H25N3O/c1-3-10(2)15-13(17)9-16-7-11-5-4-6-14-12(11)8-16/h10-12,14H,3-9H2,1-2H3,(H,15,17). The summed E-state index contributed by atoms with van der Waals surface area (Å²) in [5.74, 6) is 0.943. The first-order chi connectivity index (χ1) is 8.19. The Morgan fingerprint density at radius 3 is 3.06 bits per heavy atom. The summed E-state index contributed by atoms with van der Waals surface area (Å²) in [5.41, 5.74) is 0. The number of hydrogen-bond donors (Lipinski definition) is 2. The Labute approximate surface area is 104 Å². The van der Waals surface area contributed by atoms with Gasteiger partial charge in [0.05, 0.1) is 6.54 Å². The summed E-state index contributed by atoms with van der Waals surface area (Å²) in [6, 6.07) is 0.922. The minimum absolute atomic E-state index is 0.179. The number of piperidine rings is 1. The predicted octanol–water partition coefficient (Wildman–Crippen LogP) is 0.585. The van der Waals surface area contributed by atoms with Gasteiger partial charge in [-0.1, -0.05) is 6.92 Å². The first kappa shape index (κ1) is 12.8. The van der Waals surface area contributed by atoms with Crippen molar-refractivity contribution < 1.29 is 4.79 Å². The van der Waals surface area contributed by atoms with Gasteiger partial charge in [-0.3, -0.25) is 9.69 Å². The summed E-state index contributed by atoms with van der Waals surface area (Å²) in [6.07, 6.45) is 3.60. The van der Waals surface area contributed by atoms with E-state index >= 15 is 0 Å². The molecule has 2 saturated heterocycles. The molecule has 2 heterocycles. The van der Waals surface area contributed by atoms with Gasteiger partial charge >= 0.3 is 0 Å². The van der Waals surface area contributed by atoms with Gasteiger partial charge in [-0.2, -0.15) is 0 Å². The number of nitrogens with zero attached hydrogens (tertiary/aromatic N) is 1. The zero-order valence-corrected chi connectivity index (χ0v) is 11.0. The Balaban J connectivity index is 1.75. The number of amides is 1. The second-order valence-electron chi connectivity index (χ2n) is 5.53. The fourth-order valence-electron chi connectivity index (χ4n) is 2.89. The van der Waals surface area contributed by atoms with E-state index in [4.69, 9.17) is 0 Å². The average molecular weight is 239 g/mol. The third-order valence-electron chi connectivity index (χ3n) is 4.06. The van der Waals surface area contributed by atoms with Gasteiger partial charge in [0, 0.05) is 25.2 Å². The Hall–Kier alpha value is -0.610. The quantitative estimate of drug-likeness (QED) is 0.754. The molecular formula is C13H25N3O. The monoisotopic (exact) mass is 239 g/mol. The van der Waals surface area contributed by atoms with Gasteiger partial charge in [0.2, 0.25) is 5.91 Å². The van der Waals surface area contributed by atoms with Gasteiger partial charge < -0.3 is 10.6 Å². The third-order valence-corrected chi connectivity index (χ3v) is 4.06. The molecule has 2 N–H and O–H groups in total. The Kier molecular flexibility index (Phi) is 4.40. The van der Waals surface area contributed by atoms with Crippen molar-refractivity contribution in [2.24, 2.45) is 5.92 Å². The number of hydrogen-bond acceptors (Lipinski definition) is 3. The molecule has 0 aromatic rings. The van der Waals surface area contributed by atoms with Crippen LogP contribution in [0.1, 0.15) is 33.1 Å². The van der Waals surface area contributed by atoms with Crippen LogP contribution in [0.4, 0.5) is 0 Å². The summed E-state index contributed by atoms with van der Waals surface area (Å²) in [5, 5.41) is 6.60. The second kappa shape index (κ2) is 5.83. The Bertz CT molecular complexity index is 255. The number of rotatable bonds is 4. The van der Waals surface area contributed by atoms with E-state index in [9.17, 15) is 4.79 Å². The van der Waals surface area contributed by atoms with Crippen LogP contribution in [0.15, 0.2) is 0 Å². The minimum atomic E-state index is 0.179. The SMILES string of the molecule is CCC(C)NC(=O)CN1CC2CCCNC2C1. The number of nitrogens with one attached hydrogen (secondary N) is 2. The lowest BCUT2D eigenvalue weighted by molar-refractivity contribution is -0.122. The van der Waals surface area contributed by atoms with Crippen LogP contribution in [0.5, 0.6) is 0 Å². The molecule has 2 fully saturated rings. The molecule has 2 rings (SSSR count). The predicted molar refractivity (Wildman–Crippen MR) is 68.9 cm³/mol. The molecule has 0 aliphatic carbocycles. The molecule has 0 spiro atoms. The number of carbonyl (C=O) groups is 1. The van der Waals surface area contributed by atoms with Crippen LogP contribution in [0.2, 0.25) is 0 Å². The molecule has 1 amide bonds. The van der Waals surface area contributed by atoms with E-state index in [-0.39, 0.29) is 5.91 Å². The van der Waals surface area contributed by atoms with E-state index in [1.807, 2.05) is 0 Å². The topological polar surface area (TPSA) is 44.4 Å². The zero-order valence-electron chi connectivity index (χ0n) is 11.0. The van der Waals surface area contributed by atoms with Crippen molar-refractivity contribution in [3.05, 3.63) is 0 Å². The van der Waals surface area contributed by atoms with Crippen molar-refractivity contribution in [3.8, 4) is 0 Å². The van der Waals surface area contributed by atoms with Gasteiger partial charge in [-0.25, -0.2) is 0 Å². The number of fused-ring (bicyclic) bond motifs is 1. The normalized spacial score (nSPS) is 30.9. The fourth-order valence-corrected chi connectivity index (χ4v) is 2.89. The van der Waals surface area contributed by atoms with Gasteiger partial charge in [-0.05, 0) is 38.6 Å². The van der Waals surface area contributed by atoms with Crippen LogP contribution in [0.25, 0.3) is 0 Å². The number of likely N-dealkylation sites (tertiary alicyclic amines) is 1. The van der Waals surface area contributed by atoms with Crippen LogP contribution in [0, 0.1) is 5.92 Å². The maximum atomic E-state index is 11.8. The summed E-state index contributed by atoms with van der Waals surface area (Å²) >= 11 is 0. The summed E-state index contributed by atoms with van der Waals surface area (Å²) in [7, 11) is 0. The molecule has 3 atom stereocenters.